The standard InChI is InChI=1S/C12H8ClF6S/c13-10-9(12(17,18)19)8(20-10)5-6-2-1-3-7(4-6)11(14,15)16/h1-5,8-10H. The molecule has 1 fully saturated rings. The number of thioether (sulfide) groups is 1. The van der Waals surface area contributed by atoms with Crippen LogP contribution in [-0.4, -0.2) is 16.1 Å². The molecular formula is C12H8ClF6S. The van der Waals surface area contributed by atoms with E-state index < -0.39 is 33.8 Å². The summed E-state index contributed by atoms with van der Waals surface area (Å²) in [5, 5.41) is -0.957. The van der Waals surface area contributed by atoms with Crippen LogP contribution in [0.2, 0.25) is 0 Å². The van der Waals surface area contributed by atoms with E-state index in [-0.39, 0.29) is 5.56 Å². The number of hydrogen-bond acceptors (Lipinski definition) is 1. The summed E-state index contributed by atoms with van der Waals surface area (Å²) in [5.74, 6) is -1.73. The van der Waals surface area contributed by atoms with Crippen LogP contribution >= 0.6 is 23.4 Å². The minimum absolute atomic E-state index is 0.107. The lowest BCUT2D eigenvalue weighted by Gasteiger charge is -2.41. The van der Waals surface area contributed by atoms with Crippen LogP contribution in [0.1, 0.15) is 11.1 Å². The van der Waals surface area contributed by atoms with E-state index in [9.17, 15) is 26.3 Å². The second-order valence-corrected chi connectivity index (χ2v) is 6.36. The largest absolute Gasteiger partial charge is 0.416 e. The normalized spacial score (nSPS) is 27.2. The zero-order chi connectivity index (χ0) is 15.1. The Kier molecular flexibility index (Phi) is 4.22. The molecule has 0 spiro atoms. The van der Waals surface area contributed by atoms with E-state index in [2.05, 4.69) is 0 Å². The lowest BCUT2D eigenvalue weighted by Crippen LogP contribution is -2.47. The first-order valence-corrected chi connectivity index (χ1v) is 6.85. The van der Waals surface area contributed by atoms with Gasteiger partial charge in [0, 0.05) is 11.7 Å². The molecular weight excluding hydrogens is 326 g/mol. The van der Waals surface area contributed by atoms with Gasteiger partial charge in [-0.3, -0.25) is 0 Å². The third kappa shape index (κ3) is 3.36. The molecule has 0 nitrogen and oxygen atoms in total. The molecule has 1 aliphatic rings. The second-order valence-electron chi connectivity index (χ2n) is 4.31. The first-order chi connectivity index (χ1) is 9.09. The fourth-order valence-electron chi connectivity index (χ4n) is 1.87. The van der Waals surface area contributed by atoms with Crippen molar-refractivity contribution in [2.24, 2.45) is 5.92 Å². The smallest absolute Gasteiger partial charge is 0.171 e. The van der Waals surface area contributed by atoms with Crippen LogP contribution in [0.15, 0.2) is 24.3 Å². The molecule has 3 atom stereocenters. The summed E-state index contributed by atoms with van der Waals surface area (Å²) in [6.07, 6.45) is -7.80. The van der Waals surface area contributed by atoms with Crippen LogP contribution in [0.3, 0.4) is 0 Å². The Balaban J connectivity index is 2.12. The topological polar surface area (TPSA) is 0 Å². The van der Waals surface area contributed by atoms with E-state index in [0.29, 0.717) is 0 Å². The van der Waals surface area contributed by atoms with Gasteiger partial charge in [0.1, 0.15) is 0 Å². The van der Waals surface area contributed by atoms with Gasteiger partial charge in [-0.2, -0.15) is 26.3 Å². The lowest BCUT2D eigenvalue weighted by molar-refractivity contribution is -0.172. The quantitative estimate of drug-likeness (QED) is 0.535. The van der Waals surface area contributed by atoms with Gasteiger partial charge in [0.15, 0.2) is 0 Å². The zero-order valence-electron chi connectivity index (χ0n) is 9.67. The third-order valence-electron chi connectivity index (χ3n) is 2.87. The molecule has 0 aromatic heterocycles. The summed E-state index contributed by atoms with van der Waals surface area (Å²) in [4.78, 5) is 0. The van der Waals surface area contributed by atoms with Crippen molar-refractivity contribution in [2.75, 3.05) is 0 Å². The maximum Gasteiger partial charge on any atom is 0.416 e. The van der Waals surface area contributed by atoms with Crippen LogP contribution in [0.25, 0.3) is 0 Å². The molecule has 1 heterocycles. The summed E-state index contributed by atoms with van der Waals surface area (Å²) >= 11 is 6.39. The number of alkyl halides is 7. The van der Waals surface area contributed by atoms with Crippen LogP contribution < -0.4 is 0 Å². The maximum atomic E-state index is 12.7. The summed E-state index contributed by atoms with van der Waals surface area (Å²) < 4.78 is 74.5. The molecule has 1 aliphatic heterocycles. The summed E-state index contributed by atoms with van der Waals surface area (Å²) in [7, 11) is 0. The van der Waals surface area contributed by atoms with Gasteiger partial charge in [0.05, 0.1) is 16.2 Å². The Hall–Kier alpha value is -0.560. The van der Waals surface area contributed by atoms with Crippen molar-refractivity contribution in [3.63, 3.8) is 0 Å². The Morgan fingerprint density at radius 2 is 1.75 bits per heavy atom. The molecule has 1 radical (unpaired) electrons. The van der Waals surface area contributed by atoms with Gasteiger partial charge in [-0.05, 0) is 11.6 Å². The van der Waals surface area contributed by atoms with Crippen LogP contribution in [0.5, 0.6) is 0 Å². The molecule has 3 unspecified atom stereocenters. The van der Waals surface area contributed by atoms with Gasteiger partial charge in [0.2, 0.25) is 0 Å². The highest BCUT2D eigenvalue weighted by Gasteiger charge is 2.56. The Bertz CT molecular complexity index is 484. The molecule has 1 aromatic rings. The second kappa shape index (κ2) is 5.33. The number of benzene rings is 1. The fraction of sp³-hybridized carbons (Fsp3) is 0.417. The monoisotopic (exact) mass is 333 g/mol. The van der Waals surface area contributed by atoms with Crippen molar-refractivity contribution in [3.05, 3.63) is 41.8 Å². The number of halogens is 7. The van der Waals surface area contributed by atoms with Crippen molar-refractivity contribution in [1.82, 2.24) is 0 Å². The van der Waals surface area contributed by atoms with E-state index in [4.69, 9.17) is 11.6 Å². The molecule has 1 saturated heterocycles. The summed E-state index contributed by atoms with van der Waals surface area (Å²) in [6, 6.07) is 4.20. The Morgan fingerprint density at radius 3 is 2.25 bits per heavy atom. The average Bonchev–Trinajstić information content (AvgIpc) is 2.24. The number of hydrogen-bond donors (Lipinski definition) is 0. The molecule has 20 heavy (non-hydrogen) atoms. The van der Waals surface area contributed by atoms with Gasteiger partial charge in [-0.1, -0.05) is 18.2 Å². The zero-order valence-corrected chi connectivity index (χ0v) is 11.2. The van der Waals surface area contributed by atoms with Crippen molar-refractivity contribution >= 4 is 23.4 Å². The fourth-order valence-corrected chi connectivity index (χ4v) is 3.84. The molecule has 0 amide bonds. The highest BCUT2D eigenvalue weighted by molar-refractivity contribution is 8.03. The first-order valence-electron chi connectivity index (χ1n) is 5.47. The van der Waals surface area contributed by atoms with Crippen LogP contribution in [-0.2, 0) is 6.18 Å². The third-order valence-corrected chi connectivity index (χ3v) is 4.75. The summed E-state index contributed by atoms with van der Waals surface area (Å²) in [5.41, 5.74) is -0.781. The summed E-state index contributed by atoms with van der Waals surface area (Å²) in [6.45, 7) is 0. The van der Waals surface area contributed by atoms with E-state index in [0.717, 1.165) is 23.9 Å². The van der Waals surface area contributed by atoms with Crippen molar-refractivity contribution < 1.29 is 26.3 Å². The van der Waals surface area contributed by atoms with Gasteiger partial charge >= 0.3 is 12.4 Å². The average molecular weight is 334 g/mol. The maximum absolute atomic E-state index is 12.7. The first kappa shape index (κ1) is 15.8. The molecule has 1 aromatic carbocycles. The van der Waals surface area contributed by atoms with Gasteiger partial charge < -0.3 is 0 Å². The van der Waals surface area contributed by atoms with E-state index >= 15 is 0 Å². The highest BCUT2D eigenvalue weighted by Crippen LogP contribution is 2.54. The Labute approximate surface area is 120 Å². The lowest BCUT2D eigenvalue weighted by atomic mass is 9.97. The van der Waals surface area contributed by atoms with E-state index in [1.54, 1.807) is 0 Å². The minimum Gasteiger partial charge on any atom is -0.171 e. The predicted octanol–water partition coefficient (Wildman–Crippen LogP) is 5.12. The van der Waals surface area contributed by atoms with E-state index in [1.807, 2.05) is 0 Å². The van der Waals surface area contributed by atoms with E-state index in [1.165, 1.54) is 18.6 Å². The predicted molar refractivity (Wildman–Crippen MR) is 65.4 cm³/mol. The molecule has 0 aliphatic carbocycles. The highest BCUT2D eigenvalue weighted by atomic mass is 35.5. The minimum atomic E-state index is -4.52. The van der Waals surface area contributed by atoms with Crippen molar-refractivity contribution in [1.29, 1.82) is 0 Å². The molecule has 0 bridgehead atoms. The van der Waals surface area contributed by atoms with Crippen molar-refractivity contribution in [2.45, 2.75) is 22.3 Å². The van der Waals surface area contributed by atoms with Gasteiger partial charge in [0.25, 0.3) is 0 Å². The molecule has 8 heteroatoms. The van der Waals surface area contributed by atoms with Gasteiger partial charge in [-0.25, -0.2) is 0 Å². The van der Waals surface area contributed by atoms with Crippen molar-refractivity contribution in [3.8, 4) is 0 Å². The van der Waals surface area contributed by atoms with Crippen LogP contribution in [0.4, 0.5) is 26.3 Å². The number of rotatable bonds is 2. The Morgan fingerprint density at radius 1 is 1.10 bits per heavy atom. The molecule has 0 N–H and O–H groups in total. The molecule has 0 saturated carbocycles. The molecule has 111 valence electrons. The SMILES string of the molecule is FC(F)(F)c1cccc([CH]C2SC(Cl)C2C(F)(F)F)c1. The van der Waals surface area contributed by atoms with Gasteiger partial charge in [-0.15, -0.1) is 23.4 Å². The van der Waals surface area contributed by atoms with Crippen LogP contribution in [0, 0.1) is 12.3 Å². The molecule has 2 rings (SSSR count).